The van der Waals surface area contributed by atoms with Gasteiger partial charge in [0.25, 0.3) is 5.91 Å². The molecular formula is C21H32N6O. The van der Waals surface area contributed by atoms with E-state index in [4.69, 9.17) is 0 Å². The van der Waals surface area contributed by atoms with Gasteiger partial charge in [-0.3, -0.25) is 14.4 Å². The molecule has 7 nitrogen and oxygen atoms in total. The van der Waals surface area contributed by atoms with Gasteiger partial charge in [0.05, 0.1) is 11.8 Å². The number of aryl methyl sites for hydroxylation is 1. The SMILES string of the molecule is CC[C@@H]1CN(C(=O)c2ccc(NCc3cnn(CC)c3)nc2)CCN1C(C)C. The van der Waals surface area contributed by atoms with Crippen LogP contribution in [0.5, 0.6) is 0 Å². The van der Waals surface area contributed by atoms with Gasteiger partial charge in [0.2, 0.25) is 0 Å². The second-order valence-electron chi connectivity index (χ2n) is 7.63. The van der Waals surface area contributed by atoms with Gasteiger partial charge in [-0.1, -0.05) is 6.92 Å². The van der Waals surface area contributed by atoms with Crippen LogP contribution in [0.25, 0.3) is 0 Å². The lowest BCUT2D eigenvalue weighted by molar-refractivity contribution is 0.0371. The highest BCUT2D eigenvalue weighted by molar-refractivity contribution is 5.94. The number of piperazine rings is 1. The summed E-state index contributed by atoms with van der Waals surface area (Å²) in [6.45, 7) is 12.7. The molecule has 1 amide bonds. The molecule has 0 unspecified atom stereocenters. The molecule has 0 radical (unpaired) electrons. The average Bonchev–Trinajstić information content (AvgIpc) is 3.19. The number of anilines is 1. The standard InChI is InChI=1S/C21H32N6O/c1-5-19-15-25(9-10-27(19)16(3)4)21(28)18-7-8-20(23-13-18)22-11-17-12-24-26(6-2)14-17/h7-8,12-14,16,19H,5-6,9-11,15H2,1-4H3,(H,22,23)/t19-/m1/s1. The number of nitrogens with zero attached hydrogens (tertiary/aromatic N) is 5. The van der Waals surface area contributed by atoms with Crippen molar-refractivity contribution < 1.29 is 4.79 Å². The molecule has 2 aromatic rings. The van der Waals surface area contributed by atoms with Crippen molar-refractivity contribution in [3.8, 4) is 0 Å². The van der Waals surface area contributed by atoms with Crippen molar-refractivity contribution in [2.24, 2.45) is 0 Å². The van der Waals surface area contributed by atoms with Gasteiger partial charge in [0.1, 0.15) is 5.82 Å². The molecule has 1 saturated heterocycles. The van der Waals surface area contributed by atoms with Crippen molar-refractivity contribution in [3.63, 3.8) is 0 Å². The molecule has 1 fully saturated rings. The van der Waals surface area contributed by atoms with Crippen LogP contribution in [0, 0.1) is 0 Å². The topological polar surface area (TPSA) is 66.3 Å². The lowest BCUT2D eigenvalue weighted by atomic mass is 10.1. The second-order valence-corrected chi connectivity index (χ2v) is 7.63. The molecule has 7 heteroatoms. The minimum Gasteiger partial charge on any atom is -0.366 e. The summed E-state index contributed by atoms with van der Waals surface area (Å²) in [5.74, 6) is 0.835. The molecule has 1 atom stereocenters. The predicted octanol–water partition coefficient (Wildman–Crippen LogP) is 2.85. The normalized spacial score (nSPS) is 17.9. The number of aromatic nitrogens is 3. The highest BCUT2D eigenvalue weighted by Crippen LogP contribution is 2.18. The van der Waals surface area contributed by atoms with Gasteiger partial charge in [-0.05, 0) is 39.3 Å². The van der Waals surface area contributed by atoms with E-state index in [-0.39, 0.29) is 5.91 Å². The first-order chi connectivity index (χ1) is 13.5. The largest absolute Gasteiger partial charge is 0.366 e. The number of amides is 1. The molecule has 1 aliphatic rings. The fourth-order valence-corrected chi connectivity index (χ4v) is 3.77. The Kier molecular flexibility index (Phi) is 6.67. The molecule has 1 N–H and O–H groups in total. The van der Waals surface area contributed by atoms with Gasteiger partial charge in [-0.2, -0.15) is 5.10 Å². The molecule has 1 aliphatic heterocycles. The number of rotatable bonds is 7. The molecule has 3 rings (SSSR count). The molecule has 2 aromatic heterocycles. The zero-order valence-corrected chi connectivity index (χ0v) is 17.4. The molecule has 0 spiro atoms. The molecule has 0 bridgehead atoms. The summed E-state index contributed by atoms with van der Waals surface area (Å²) in [6, 6.07) is 4.68. The first kappa shape index (κ1) is 20.3. The van der Waals surface area contributed by atoms with Crippen molar-refractivity contribution in [2.45, 2.75) is 59.3 Å². The van der Waals surface area contributed by atoms with E-state index in [2.05, 4.69) is 48.0 Å². The number of nitrogens with one attached hydrogen (secondary N) is 1. The molecule has 3 heterocycles. The van der Waals surface area contributed by atoms with Gasteiger partial charge in [-0.15, -0.1) is 0 Å². The Morgan fingerprint density at radius 2 is 2.07 bits per heavy atom. The highest BCUT2D eigenvalue weighted by atomic mass is 16.2. The number of carbonyl (C=O) groups is 1. The predicted molar refractivity (Wildman–Crippen MR) is 111 cm³/mol. The minimum absolute atomic E-state index is 0.0742. The monoisotopic (exact) mass is 384 g/mol. The number of hydrogen-bond donors (Lipinski definition) is 1. The van der Waals surface area contributed by atoms with Crippen LogP contribution in [-0.4, -0.2) is 62.2 Å². The van der Waals surface area contributed by atoms with Crippen LogP contribution in [0.2, 0.25) is 0 Å². The van der Waals surface area contributed by atoms with Crippen LogP contribution < -0.4 is 5.32 Å². The van der Waals surface area contributed by atoms with E-state index in [9.17, 15) is 4.79 Å². The van der Waals surface area contributed by atoms with Gasteiger partial charge in [0, 0.05) is 62.8 Å². The smallest absolute Gasteiger partial charge is 0.255 e. The van der Waals surface area contributed by atoms with E-state index >= 15 is 0 Å². The maximum atomic E-state index is 12.9. The second kappa shape index (κ2) is 9.19. The summed E-state index contributed by atoms with van der Waals surface area (Å²) in [5.41, 5.74) is 1.76. The Hall–Kier alpha value is -2.41. The van der Waals surface area contributed by atoms with Crippen molar-refractivity contribution >= 4 is 11.7 Å². The maximum Gasteiger partial charge on any atom is 0.255 e. The van der Waals surface area contributed by atoms with Gasteiger partial charge in [0.15, 0.2) is 0 Å². The van der Waals surface area contributed by atoms with Crippen molar-refractivity contribution in [3.05, 3.63) is 41.9 Å². The fourth-order valence-electron chi connectivity index (χ4n) is 3.77. The van der Waals surface area contributed by atoms with Crippen LogP contribution in [-0.2, 0) is 13.1 Å². The quantitative estimate of drug-likeness (QED) is 0.795. The first-order valence-electron chi connectivity index (χ1n) is 10.3. The Labute approximate surface area is 167 Å². The summed E-state index contributed by atoms with van der Waals surface area (Å²) in [7, 11) is 0. The summed E-state index contributed by atoms with van der Waals surface area (Å²) in [4.78, 5) is 21.8. The van der Waals surface area contributed by atoms with Crippen molar-refractivity contribution in [2.75, 3.05) is 25.0 Å². The third kappa shape index (κ3) is 4.70. The van der Waals surface area contributed by atoms with Crippen LogP contribution in [0.15, 0.2) is 30.7 Å². The van der Waals surface area contributed by atoms with E-state index in [1.54, 1.807) is 6.20 Å². The van der Waals surface area contributed by atoms with Gasteiger partial charge in [-0.25, -0.2) is 4.98 Å². The maximum absolute atomic E-state index is 12.9. The summed E-state index contributed by atoms with van der Waals surface area (Å²) in [6.07, 6.45) is 6.61. The Morgan fingerprint density at radius 3 is 2.68 bits per heavy atom. The Morgan fingerprint density at radius 1 is 1.25 bits per heavy atom. The first-order valence-corrected chi connectivity index (χ1v) is 10.3. The fraction of sp³-hybridized carbons (Fsp3) is 0.571. The Bertz CT molecular complexity index is 769. The number of pyridine rings is 1. The van der Waals surface area contributed by atoms with Crippen molar-refractivity contribution in [1.29, 1.82) is 0 Å². The van der Waals surface area contributed by atoms with Crippen LogP contribution >= 0.6 is 0 Å². The van der Waals surface area contributed by atoms with Crippen LogP contribution in [0.4, 0.5) is 5.82 Å². The molecule has 152 valence electrons. The molecule has 28 heavy (non-hydrogen) atoms. The summed E-state index contributed by atoms with van der Waals surface area (Å²) >= 11 is 0. The molecule has 0 saturated carbocycles. The third-order valence-electron chi connectivity index (χ3n) is 5.44. The molecule has 0 aromatic carbocycles. The highest BCUT2D eigenvalue weighted by Gasteiger charge is 2.30. The van der Waals surface area contributed by atoms with Gasteiger partial charge < -0.3 is 10.2 Å². The number of carbonyl (C=O) groups excluding carboxylic acids is 1. The lowest BCUT2D eigenvalue weighted by Crippen LogP contribution is -2.56. The van der Waals surface area contributed by atoms with E-state index < -0.39 is 0 Å². The number of hydrogen-bond acceptors (Lipinski definition) is 5. The van der Waals surface area contributed by atoms with Crippen LogP contribution in [0.1, 0.15) is 50.0 Å². The molecule has 0 aliphatic carbocycles. The Balaban J connectivity index is 1.57. The van der Waals surface area contributed by atoms with Crippen molar-refractivity contribution in [1.82, 2.24) is 24.6 Å². The van der Waals surface area contributed by atoms with E-state index in [1.807, 2.05) is 34.1 Å². The van der Waals surface area contributed by atoms with Crippen LogP contribution in [0.3, 0.4) is 0 Å². The molecular weight excluding hydrogens is 352 g/mol. The summed E-state index contributed by atoms with van der Waals surface area (Å²) < 4.78 is 1.90. The van der Waals surface area contributed by atoms with E-state index in [1.165, 1.54) is 0 Å². The van der Waals surface area contributed by atoms with E-state index in [0.29, 0.717) is 24.2 Å². The minimum atomic E-state index is 0.0742. The lowest BCUT2D eigenvalue weighted by Gasteiger charge is -2.43. The summed E-state index contributed by atoms with van der Waals surface area (Å²) in [5, 5.41) is 7.55. The average molecular weight is 385 g/mol. The zero-order valence-electron chi connectivity index (χ0n) is 17.4. The van der Waals surface area contributed by atoms with Gasteiger partial charge >= 0.3 is 0 Å². The third-order valence-corrected chi connectivity index (χ3v) is 5.44. The van der Waals surface area contributed by atoms with E-state index in [0.717, 1.165) is 44.0 Å². The zero-order chi connectivity index (χ0) is 20.1.